The van der Waals surface area contributed by atoms with Gasteiger partial charge < -0.3 is 10.1 Å². The topological polar surface area (TPSA) is 39.1 Å². The summed E-state index contributed by atoms with van der Waals surface area (Å²) >= 11 is 3.67. The second-order valence-corrected chi connectivity index (χ2v) is 6.80. The van der Waals surface area contributed by atoms with Gasteiger partial charge in [0, 0.05) is 13.7 Å². The number of hydrogen-bond acceptors (Lipinski definition) is 3. The molecule has 120 valence electrons. The average molecular weight is 358 g/mol. The van der Waals surface area contributed by atoms with Gasteiger partial charge in [0.05, 0.1) is 28.0 Å². The van der Waals surface area contributed by atoms with Crippen LogP contribution in [0.4, 0.5) is 0 Å². The molecule has 1 aromatic heterocycles. The Kier molecular flexibility index (Phi) is 6.26. The van der Waals surface area contributed by atoms with Crippen molar-refractivity contribution in [3.05, 3.63) is 16.4 Å². The van der Waals surface area contributed by atoms with Crippen molar-refractivity contribution in [1.29, 1.82) is 0 Å². The molecule has 0 spiro atoms. The van der Waals surface area contributed by atoms with Crippen LogP contribution in [-0.2, 0) is 11.8 Å². The molecule has 0 radical (unpaired) electrons. The van der Waals surface area contributed by atoms with Crippen molar-refractivity contribution in [2.45, 2.75) is 64.0 Å². The van der Waals surface area contributed by atoms with E-state index in [0.717, 1.165) is 36.9 Å². The molecule has 0 saturated heterocycles. The Balaban J connectivity index is 2.36. The molecule has 0 aliphatic heterocycles. The zero-order valence-corrected chi connectivity index (χ0v) is 15.1. The van der Waals surface area contributed by atoms with Crippen molar-refractivity contribution >= 4 is 15.9 Å². The number of ether oxygens (including phenoxy) is 1. The van der Waals surface area contributed by atoms with Crippen LogP contribution in [0, 0.1) is 0 Å². The molecule has 1 saturated carbocycles. The number of hydrogen-bond donors (Lipinski definition) is 1. The first-order valence-corrected chi connectivity index (χ1v) is 8.98. The molecular formula is C16H28BrN3O. The molecule has 1 N–H and O–H groups in total. The quantitative estimate of drug-likeness (QED) is 0.802. The third-order valence-electron chi connectivity index (χ3n) is 4.47. The SMILES string of the molecule is CCCNC(c1c(Br)cnn1C)C1(OCC)CCCCC1. The number of nitrogens with zero attached hydrogens (tertiary/aromatic N) is 2. The van der Waals surface area contributed by atoms with E-state index >= 15 is 0 Å². The Morgan fingerprint density at radius 1 is 1.38 bits per heavy atom. The molecule has 1 heterocycles. The second kappa shape index (κ2) is 7.75. The number of aromatic nitrogens is 2. The first-order valence-electron chi connectivity index (χ1n) is 8.19. The third-order valence-corrected chi connectivity index (χ3v) is 5.08. The number of nitrogens with one attached hydrogen (secondary N) is 1. The molecule has 1 aromatic rings. The molecule has 21 heavy (non-hydrogen) atoms. The van der Waals surface area contributed by atoms with Crippen molar-refractivity contribution in [1.82, 2.24) is 15.1 Å². The minimum Gasteiger partial charge on any atom is -0.373 e. The highest BCUT2D eigenvalue weighted by molar-refractivity contribution is 9.10. The average Bonchev–Trinajstić information content (AvgIpc) is 2.81. The van der Waals surface area contributed by atoms with Crippen LogP contribution in [0.25, 0.3) is 0 Å². The van der Waals surface area contributed by atoms with Gasteiger partial charge in [-0.2, -0.15) is 5.10 Å². The molecule has 2 rings (SSSR count). The van der Waals surface area contributed by atoms with Gasteiger partial charge in [-0.25, -0.2) is 0 Å². The molecule has 0 aromatic carbocycles. The first kappa shape index (κ1) is 17.0. The maximum absolute atomic E-state index is 6.34. The minimum atomic E-state index is -0.0987. The Morgan fingerprint density at radius 2 is 2.10 bits per heavy atom. The van der Waals surface area contributed by atoms with Crippen LogP contribution in [0.3, 0.4) is 0 Å². The van der Waals surface area contributed by atoms with Gasteiger partial charge in [0.25, 0.3) is 0 Å². The fourth-order valence-electron chi connectivity index (χ4n) is 3.52. The second-order valence-electron chi connectivity index (χ2n) is 5.95. The lowest BCUT2D eigenvalue weighted by atomic mass is 9.77. The number of rotatable bonds is 7. The van der Waals surface area contributed by atoms with Gasteiger partial charge in [-0.3, -0.25) is 4.68 Å². The Morgan fingerprint density at radius 3 is 2.62 bits per heavy atom. The molecule has 5 heteroatoms. The Labute approximate surface area is 136 Å². The lowest BCUT2D eigenvalue weighted by molar-refractivity contribution is -0.0929. The molecule has 1 aliphatic rings. The monoisotopic (exact) mass is 357 g/mol. The van der Waals surface area contributed by atoms with E-state index in [-0.39, 0.29) is 11.6 Å². The van der Waals surface area contributed by atoms with E-state index in [0.29, 0.717) is 0 Å². The zero-order chi connectivity index (χ0) is 15.3. The van der Waals surface area contributed by atoms with Gasteiger partial charge in [-0.05, 0) is 48.7 Å². The summed E-state index contributed by atoms with van der Waals surface area (Å²) in [6, 6.07) is 0.194. The fourth-order valence-corrected chi connectivity index (χ4v) is 4.10. The predicted octanol–water partition coefficient (Wildman–Crippen LogP) is 3.96. The summed E-state index contributed by atoms with van der Waals surface area (Å²) in [6.07, 6.45) is 9.08. The largest absolute Gasteiger partial charge is 0.373 e. The van der Waals surface area contributed by atoms with Gasteiger partial charge in [-0.15, -0.1) is 0 Å². The Bertz CT molecular complexity index is 416. The van der Waals surface area contributed by atoms with Crippen LogP contribution < -0.4 is 5.32 Å². The smallest absolute Gasteiger partial charge is 0.0891 e. The molecular weight excluding hydrogens is 330 g/mol. The zero-order valence-electron chi connectivity index (χ0n) is 13.5. The van der Waals surface area contributed by atoms with E-state index in [9.17, 15) is 0 Å². The van der Waals surface area contributed by atoms with Gasteiger partial charge in [-0.1, -0.05) is 26.2 Å². The molecule has 1 unspecified atom stereocenters. The van der Waals surface area contributed by atoms with Gasteiger partial charge >= 0.3 is 0 Å². The number of halogens is 1. The van der Waals surface area contributed by atoms with E-state index < -0.39 is 0 Å². The number of aryl methyl sites for hydroxylation is 1. The third kappa shape index (κ3) is 3.69. The van der Waals surface area contributed by atoms with E-state index in [4.69, 9.17) is 4.74 Å². The van der Waals surface area contributed by atoms with Crippen molar-refractivity contribution < 1.29 is 4.74 Å². The van der Waals surface area contributed by atoms with Crippen LogP contribution >= 0.6 is 15.9 Å². The first-order chi connectivity index (χ1) is 10.1. The highest BCUT2D eigenvalue weighted by Gasteiger charge is 2.43. The van der Waals surface area contributed by atoms with Gasteiger partial charge in [0.1, 0.15) is 0 Å². The van der Waals surface area contributed by atoms with Crippen LogP contribution in [0.2, 0.25) is 0 Å². The molecule has 1 aliphatic carbocycles. The van der Waals surface area contributed by atoms with Crippen LogP contribution in [0.1, 0.15) is 64.1 Å². The van der Waals surface area contributed by atoms with Gasteiger partial charge in [0.2, 0.25) is 0 Å². The van der Waals surface area contributed by atoms with E-state index in [1.807, 2.05) is 17.9 Å². The van der Waals surface area contributed by atoms with E-state index in [1.54, 1.807) is 0 Å². The molecule has 0 bridgehead atoms. The van der Waals surface area contributed by atoms with Crippen molar-refractivity contribution in [3.8, 4) is 0 Å². The summed E-state index contributed by atoms with van der Waals surface area (Å²) in [4.78, 5) is 0. The van der Waals surface area contributed by atoms with Crippen molar-refractivity contribution in [3.63, 3.8) is 0 Å². The van der Waals surface area contributed by atoms with Crippen LogP contribution in [0.15, 0.2) is 10.7 Å². The summed E-state index contributed by atoms with van der Waals surface area (Å²) in [5, 5.41) is 8.14. The van der Waals surface area contributed by atoms with Crippen LogP contribution in [-0.4, -0.2) is 28.5 Å². The summed E-state index contributed by atoms with van der Waals surface area (Å²) in [6.45, 7) is 6.07. The lowest BCUT2D eigenvalue weighted by Crippen LogP contribution is -2.48. The van der Waals surface area contributed by atoms with E-state index in [1.165, 1.54) is 25.0 Å². The molecule has 1 fully saturated rings. The summed E-state index contributed by atoms with van der Waals surface area (Å²) < 4.78 is 9.39. The predicted molar refractivity (Wildman–Crippen MR) is 89.4 cm³/mol. The Hall–Kier alpha value is -0.390. The summed E-state index contributed by atoms with van der Waals surface area (Å²) in [5.74, 6) is 0. The highest BCUT2D eigenvalue weighted by Crippen LogP contribution is 2.43. The molecule has 0 amide bonds. The summed E-state index contributed by atoms with van der Waals surface area (Å²) in [5.41, 5.74) is 1.11. The normalized spacial score (nSPS) is 19.6. The maximum Gasteiger partial charge on any atom is 0.0891 e. The fraction of sp³-hybridized carbons (Fsp3) is 0.812. The van der Waals surface area contributed by atoms with Crippen molar-refractivity contribution in [2.24, 2.45) is 7.05 Å². The van der Waals surface area contributed by atoms with Crippen LogP contribution in [0.5, 0.6) is 0 Å². The standard InChI is InChI=1S/C16H28BrN3O/c1-4-11-18-15(14-13(17)12-19-20(14)3)16(21-5-2)9-7-6-8-10-16/h12,15,18H,4-11H2,1-3H3. The summed E-state index contributed by atoms with van der Waals surface area (Å²) in [7, 11) is 2.02. The minimum absolute atomic E-state index is 0.0987. The molecule has 4 nitrogen and oxygen atoms in total. The molecule has 1 atom stereocenters. The van der Waals surface area contributed by atoms with Gasteiger partial charge in [0.15, 0.2) is 0 Å². The van der Waals surface area contributed by atoms with Crippen molar-refractivity contribution in [2.75, 3.05) is 13.2 Å². The highest BCUT2D eigenvalue weighted by atomic mass is 79.9. The lowest BCUT2D eigenvalue weighted by Gasteiger charge is -2.44. The van der Waals surface area contributed by atoms with E-state index in [2.05, 4.69) is 40.2 Å². The maximum atomic E-state index is 6.34.